The first-order chi connectivity index (χ1) is 8.79. The number of aromatic nitrogens is 2. The Morgan fingerprint density at radius 3 is 3.11 bits per heavy atom. The summed E-state index contributed by atoms with van der Waals surface area (Å²) in [5.41, 5.74) is 1.29. The number of rotatable bonds is 1. The molecular formula is C11H9N5O2. The van der Waals surface area contributed by atoms with Gasteiger partial charge in [0, 0.05) is 18.0 Å². The lowest BCUT2D eigenvalue weighted by atomic mass is 10.0. The Hall–Kier alpha value is -2.57. The van der Waals surface area contributed by atoms with Crippen LogP contribution < -0.4 is 0 Å². The molecule has 2 aliphatic rings. The molecule has 0 aromatic carbocycles. The standard InChI is InChI=1S/C11H9N5O2/c1-18-11(17)10-9-7(5-13-15-9)4-8(14-10)16-3-2-12-6-16/h2-6,10H,1H3. The van der Waals surface area contributed by atoms with E-state index >= 15 is 0 Å². The highest BCUT2D eigenvalue weighted by molar-refractivity contribution is 6.31. The highest BCUT2D eigenvalue weighted by Gasteiger charge is 2.32. The molecular weight excluding hydrogens is 234 g/mol. The summed E-state index contributed by atoms with van der Waals surface area (Å²) in [4.78, 5) is 20.0. The molecule has 0 bridgehead atoms. The van der Waals surface area contributed by atoms with Crippen molar-refractivity contribution < 1.29 is 9.53 Å². The molecule has 0 amide bonds. The summed E-state index contributed by atoms with van der Waals surface area (Å²) >= 11 is 0. The van der Waals surface area contributed by atoms with E-state index in [4.69, 9.17) is 4.74 Å². The van der Waals surface area contributed by atoms with E-state index < -0.39 is 12.0 Å². The van der Waals surface area contributed by atoms with Crippen molar-refractivity contribution in [3.05, 3.63) is 30.4 Å². The van der Waals surface area contributed by atoms with Crippen molar-refractivity contribution in [1.29, 1.82) is 0 Å². The first-order valence-corrected chi connectivity index (χ1v) is 5.26. The number of fused-ring (bicyclic) bond motifs is 1. The van der Waals surface area contributed by atoms with Crippen molar-refractivity contribution in [3.63, 3.8) is 0 Å². The Kier molecular flexibility index (Phi) is 2.36. The van der Waals surface area contributed by atoms with Crippen molar-refractivity contribution in [2.45, 2.75) is 6.04 Å². The first-order valence-electron chi connectivity index (χ1n) is 5.26. The predicted octanol–water partition coefficient (Wildman–Crippen LogP) is 0.0517. The molecule has 18 heavy (non-hydrogen) atoms. The fourth-order valence-corrected chi connectivity index (χ4v) is 1.78. The summed E-state index contributed by atoms with van der Waals surface area (Å²) in [5.74, 6) is 0.146. The topological polar surface area (TPSA) is 81.2 Å². The number of hydrogen-bond donors (Lipinski definition) is 0. The van der Waals surface area contributed by atoms with Gasteiger partial charge in [-0.25, -0.2) is 14.8 Å². The summed E-state index contributed by atoms with van der Waals surface area (Å²) in [6, 6.07) is -0.769. The molecule has 1 aromatic heterocycles. The quantitative estimate of drug-likeness (QED) is 0.653. The van der Waals surface area contributed by atoms with Gasteiger partial charge in [-0.05, 0) is 6.08 Å². The van der Waals surface area contributed by atoms with E-state index in [9.17, 15) is 4.79 Å². The average Bonchev–Trinajstić information content (AvgIpc) is 3.06. The van der Waals surface area contributed by atoms with Crippen LogP contribution >= 0.6 is 0 Å². The van der Waals surface area contributed by atoms with Crippen molar-refractivity contribution in [1.82, 2.24) is 9.55 Å². The number of esters is 1. The monoisotopic (exact) mass is 243 g/mol. The fraction of sp³-hybridized carbons (Fsp3) is 0.182. The highest BCUT2D eigenvalue weighted by Crippen LogP contribution is 2.17. The molecule has 1 unspecified atom stereocenters. The van der Waals surface area contributed by atoms with Crippen LogP contribution in [-0.4, -0.2) is 46.4 Å². The lowest BCUT2D eigenvalue weighted by Gasteiger charge is -2.17. The van der Waals surface area contributed by atoms with E-state index in [0.717, 1.165) is 5.57 Å². The lowest BCUT2D eigenvalue weighted by molar-refractivity contribution is -0.140. The number of methoxy groups -OCH3 is 1. The number of carbonyl (C=O) groups is 1. The molecule has 0 saturated carbocycles. The Balaban J connectivity index is 2.05. The molecule has 1 atom stereocenters. The zero-order valence-electron chi connectivity index (χ0n) is 9.52. The predicted molar refractivity (Wildman–Crippen MR) is 64.9 cm³/mol. The van der Waals surface area contributed by atoms with Crippen LogP contribution in [0.2, 0.25) is 0 Å². The molecule has 0 saturated heterocycles. The van der Waals surface area contributed by atoms with Gasteiger partial charge in [0.15, 0.2) is 6.04 Å². The van der Waals surface area contributed by atoms with Gasteiger partial charge in [-0.2, -0.15) is 10.2 Å². The number of ether oxygens (including phenoxy) is 1. The molecule has 7 heteroatoms. The second-order valence-corrected chi connectivity index (χ2v) is 3.71. The van der Waals surface area contributed by atoms with Gasteiger partial charge in [-0.3, -0.25) is 4.57 Å². The Morgan fingerprint density at radius 2 is 2.39 bits per heavy atom. The third kappa shape index (κ3) is 1.56. The Labute approximate surface area is 102 Å². The Morgan fingerprint density at radius 1 is 1.50 bits per heavy atom. The largest absolute Gasteiger partial charge is 0.467 e. The van der Waals surface area contributed by atoms with Crippen LogP contribution in [-0.2, 0) is 9.53 Å². The number of nitrogens with zero attached hydrogens (tertiary/aromatic N) is 5. The first kappa shape index (κ1) is 10.6. The smallest absolute Gasteiger partial charge is 0.337 e. The molecule has 2 aliphatic heterocycles. The van der Waals surface area contributed by atoms with Crippen molar-refractivity contribution in [2.24, 2.45) is 15.2 Å². The van der Waals surface area contributed by atoms with Gasteiger partial charge in [0.25, 0.3) is 0 Å². The van der Waals surface area contributed by atoms with Gasteiger partial charge in [-0.15, -0.1) is 0 Å². The van der Waals surface area contributed by atoms with Crippen LogP contribution in [0.5, 0.6) is 0 Å². The SMILES string of the molecule is COC(=O)C1N=C(n2ccnc2)C=C2C=NN=C21. The van der Waals surface area contributed by atoms with E-state index in [0.29, 0.717) is 11.5 Å². The number of aliphatic imine (C=N–C) groups is 1. The highest BCUT2D eigenvalue weighted by atomic mass is 16.5. The summed E-state index contributed by atoms with van der Waals surface area (Å²) in [7, 11) is 1.32. The number of allylic oxidation sites excluding steroid dienone is 1. The minimum Gasteiger partial charge on any atom is -0.467 e. The van der Waals surface area contributed by atoms with Crippen molar-refractivity contribution in [2.75, 3.05) is 7.11 Å². The number of carbonyl (C=O) groups excluding carboxylic acids is 1. The van der Waals surface area contributed by atoms with Crippen LogP contribution in [0.25, 0.3) is 0 Å². The van der Waals surface area contributed by atoms with Crippen LogP contribution in [0.3, 0.4) is 0 Å². The zero-order chi connectivity index (χ0) is 12.5. The van der Waals surface area contributed by atoms with E-state index in [1.807, 2.05) is 0 Å². The molecule has 0 spiro atoms. The summed E-state index contributed by atoms with van der Waals surface area (Å²) < 4.78 is 6.44. The van der Waals surface area contributed by atoms with E-state index in [1.165, 1.54) is 7.11 Å². The van der Waals surface area contributed by atoms with Gasteiger partial charge in [0.05, 0.1) is 13.3 Å². The molecule has 0 N–H and O–H groups in total. The van der Waals surface area contributed by atoms with Crippen LogP contribution in [0.1, 0.15) is 0 Å². The molecule has 0 aliphatic carbocycles. The summed E-state index contributed by atoms with van der Waals surface area (Å²) in [6.07, 6.45) is 8.39. The summed E-state index contributed by atoms with van der Waals surface area (Å²) in [5, 5.41) is 7.71. The van der Waals surface area contributed by atoms with Crippen LogP contribution in [0.4, 0.5) is 0 Å². The van der Waals surface area contributed by atoms with Gasteiger partial charge in [0.2, 0.25) is 0 Å². The maximum Gasteiger partial charge on any atom is 0.337 e. The molecule has 3 heterocycles. The van der Waals surface area contributed by atoms with Crippen LogP contribution in [0, 0.1) is 0 Å². The minimum atomic E-state index is -0.769. The van der Waals surface area contributed by atoms with Gasteiger partial charge < -0.3 is 4.74 Å². The second-order valence-electron chi connectivity index (χ2n) is 3.71. The van der Waals surface area contributed by atoms with Gasteiger partial charge >= 0.3 is 5.97 Å². The normalized spacial score (nSPS) is 20.9. The fourth-order valence-electron chi connectivity index (χ4n) is 1.78. The zero-order valence-corrected chi connectivity index (χ0v) is 9.52. The molecule has 1 aromatic rings. The Bertz CT molecular complexity index is 609. The lowest BCUT2D eigenvalue weighted by Crippen LogP contribution is -2.35. The number of hydrogen-bond acceptors (Lipinski definition) is 6. The van der Waals surface area contributed by atoms with Crippen molar-refractivity contribution >= 4 is 23.7 Å². The molecule has 0 radical (unpaired) electrons. The molecule has 0 fully saturated rings. The minimum absolute atomic E-state index is 0.456. The maximum atomic E-state index is 11.7. The van der Waals surface area contributed by atoms with E-state index in [1.54, 1.807) is 35.6 Å². The third-order valence-electron chi connectivity index (χ3n) is 2.66. The molecule has 90 valence electrons. The maximum absolute atomic E-state index is 11.7. The summed E-state index contributed by atoms with van der Waals surface area (Å²) in [6.45, 7) is 0. The molecule has 3 rings (SSSR count). The van der Waals surface area contributed by atoms with E-state index in [-0.39, 0.29) is 0 Å². The number of imidazole rings is 1. The third-order valence-corrected chi connectivity index (χ3v) is 2.66. The van der Waals surface area contributed by atoms with E-state index in [2.05, 4.69) is 20.2 Å². The molecule has 7 nitrogen and oxygen atoms in total. The average molecular weight is 243 g/mol. The van der Waals surface area contributed by atoms with Gasteiger partial charge in [0.1, 0.15) is 17.9 Å². The van der Waals surface area contributed by atoms with Crippen LogP contribution in [0.15, 0.2) is 45.6 Å². The number of dihydropyridines is 1. The van der Waals surface area contributed by atoms with Crippen molar-refractivity contribution in [3.8, 4) is 0 Å². The second kappa shape index (κ2) is 4.02. The van der Waals surface area contributed by atoms with Gasteiger partial charge in [-0.1, -0.05) is 0 Å².